The molecule has 3 aromatic rings. The van der Waals surface area contributed by atoms with Crippen LogP contribution in [0.2, 0.25) is 0 Å². The third-order valence-electron chi connectivity index (χ3n) is 10.5. The van der Waals surface area contributed by atoms with Gasteiger partial charge in [0.1, 0.15) is 5.75 Å². The number of likely N-dealkylation sites (N-methyl/N-ethyl adjacent to an activating group) is 1. The highest BCUT2D eigenvalue weighted by Gasteiger charge is 2.63. The third-order valence-corrected chi connectivity index (χ3v) is 10.9. The Morgan fingerprint density at radius 1 is 1.00 bits per heavy atom. The summed E-state index contributed by atoms with van der Waals surface area (Å²) in [5.41, 5.74) is 5.10. The maximum atomic E-state index is 14.6. The molecular weight excluding hydrogens is 578 g/mol. The number of nitrogens with zero attached hydrogens (tertiary/aromatic N) is 3. The van der Waals surface area contributed by atoms with Crippen LogP contribution < -0.4 is 14.6 Å². The van der Waals surface area contributed by atoms with Gasteiger partial charge in [-0.15, -0.1) is 0 Å². The molecule has 2 aliphatic carbocycles. The van der Waals surface area contributed by atoms with Crippen LogP contribution in [0.4, 0.5) is 0 Å². The fourth-order valence-corrected chi connectivity index (χ4v) is 8.55. The van der Waals surface area contributed by atoms with Crippen molar-refractivity contribution in [1.82, 2.24) is 19.1 Å². The molecule has 2 aromatic carbocycles. The van der Waals surface area contributed by atoms with Crippen LogP contribution in [0, 0.1) is 5.41 Å². The molecule has 2 atom stereocenters. The molecule has 10 nitrogen and oxygen atoms in total. The van der Waals surface area contributed by atoms with Gasteiger partial charge in [0.25, 0.3) is 16.1 Å². The van der Waals surface area contributed by atoms with Crippen LogP contribution in [0.25, 0.3) is 22.2 Å². The van der Waals surface area contributed by atoms with Gasteiger partial charge in [-0.3, -0.25) is 9.59 Å². The lowest BCUT2D eigenvalue weighted by Crippen LogP contribution is -2.41. The van der Waals surface area contributed by atoms with Crippen LogP contribution in [0.5, 0.6) is 5.75 Å². The molecule has 0 radical (unpaired) electrons. The molecule has 3 heterocycles. The standard InChI is InChI=1S/C33H41N5O5S/c1-36-13-6-14-37(16-15-36)32(40)33-19-27(33)26-18-23(43-2)10-12-24(26)30-29(21-7-4-3-5-8-21)25-11-9-22(17-28(25)38(30)20-33)31(39)35-44(34,41)42/h9-12,17-18,21,27H,3-8,13-16,19-20H2,1-2H3,(H,35,39)(H2,34,41,42). The van der Waals surface area contributed by atoms with E-state index in [2.05, 4.69) is 33.5 Å². The van der Waals surface area contributed by atoms with Gasteiger partial charge in [-0.1, -0.05) is 25.3 Å². The van der Waals surface area contributed by atoms with Crippen molar-refractivity contribution in [3.05, 3.63) is 53.1 Å². The van der Waals surface area contributed by atoms with Crippen LogP contribution in [-0.2, 0) is 21.5 Å². The van der Waals surface area contributed by atoms with E-state index in [-0.39, 0.29) is 17.4 Å². The van der Waals surface area contributed by atoms with Crippen molar-refractivity contribution >= 4 is 32.9 Å². The quantitative estimate of drug-likeness (QED) is 0.446. The van der Waals surface area contributed by atoms with Gasteiger partial charge in [0.2, 0.25) is 5.91 Å². The molecule has 1 saturated heterocycles. The van der Waals surface area contributed by atoms with Crippen molar-refractivity contribution in [1.29, 1.82) is 0 Å². The molecular formula is C33H41N5O5S. The zero-order valence-electron chi connectivity index (χ0n) is 25.5. The molecule has 2 aliphatic heterocycles. The van der Waals surface area contributed by atoms with Crippen molar-refractivity contribution in [2.45, 2.75) is 63.3 Å². The van der Waals surface area contributed by atoms with Gasteiger partial charge in [0, 0.05) is 54.1 Å². The lowest BCUT2D eigenvalue weighted by atomic mass is 9.81. The molecule has 44 heavy (non-hydrogen) atoms. The number of methoxy groups -OCH3 is 1. The van der Waals surface area contributed by atoms with Gasteiger partial charge in [0.05, 0.1) is 18.2 Å². The first-order valence-electron chi connectivity index (χ1n) is 15.8. The van der Waals surface area contributed by atoms with Gasteiger partial charge >= 0.3 is 0 Å². The molecule has 3 N–H and O–H groups in total. The average molecular weight is 620 g/mol. The Hall–Kier alpha value is -3.41. The summed E-state index contributed by atoms with van der Waals surface area (Å²) in [5.74, 6) is 0.613. The fourth-order valence-electron chi connectivity index (χ4n) is 8.17. The SMILES string of the molecule is COc1ccc2c(c1)C1CC1(C(=O)N1CCCN(C)CC1)Cn1c-2c(C2CCCCC2)c2ccc(C(=O)NS(N)(=O)=O)cc21. The van der Waals surface area contributed by atoms with Crippen molar-refractivity contribution in [2.24, 2.45) is 10.6 Å². The molecule has 234 valence electrons. The maximum absolute atomic E-state index is 14.6. The Balaban J connectivity index is 1.44. The summed E-state index contributed by atoms with van der Waals surface area (Å²) in [7, 11) is -0.438. The van der Waals surface area contributed by atoms with Crippen molar-refractivity contribution in [2.75, 3.05) is 40.3 Å². The first-order chi connectivity index (χ1) is 21.1. The van der Waals surface area contributed by atoms with Crippen LogP contribution in [0.15, 0.2) is 36.4 Å². The van der Waals surface area contributed by atoms with E-state index < -0.39 is 21.5 Å². The number of fused-ring (bicyclic) bond motifs is 7. The lowest BCUT2D eigenvalue weighted by Gasteiger charge is -2.27. The number of rotatable bonds is 5. The number of amides is 2. The molecule has 0 spiro atoms. The number of carbonyl (C=O) groups is 2. The first kappa shape index (κ1) is 29.3. The minimum absolute atomic E-state index is 0.0594. The van der Waals surface area contributed by atoms with Crippen molar-refractivity contribution < 1.29 is 22.7 Å². The highest BCUT2D eigenvalue weighted by atomic mass is 32.2. The predicted molar refractivity (Wildman–Crippen MR) is 169 cm³/mol. The Morgan fingerprint density at radius 2 is 1.80 bits per heavy atom. The monoisotopic (exact) mass is 619 g/mol. The normalized spacial score (nSPS) is 24.1. The second-order valence-corrected chi connectivity index (χ2v) is 14.5. The molecule has 2 unspecified atom stereocenters. The molecule has 0 bridgehead atoms. The molecule has 7 rings (SSSR count). The van der Waals surface area contributed by atoms with E-state index in [1.807, 2.05) is 16.9 Å². The van der Waals surface area contributed by atoms with Crippen molar-refractivity contribution in [3.8, 4) is 17.0 Å². The third kappa shape index (κ3) is 4.98. The minimum atomic E-state index is -4.22. The minimum Gasteiger partial charge on any atom is -0.497 e. The van der Waals surface area contributed by atoms with Crippen LogP contribution in [-0.4, -0.2) is 74.9 Å². The number of hydrogen-bond acceptors (Lipinski definition) is 6. The van der Waals surface area contributed by atoms with Gasteiger partial charge in [0.15, 0.2) is 0 Å². The zero-order chi connectivity index (χ0) is 30.8. The highest BCUT2D eigenvalue weighted by Crippen LogP contribution is 2.66. The zero-order valence-corrected chi connectivity index (χ0v) is 26.3. The van der Waals surface area contributed by atoms with Crippen LogP contribution in [0.3, 0.4) is 0 Å². The summed E-state index contributed by atoms with van der Waals surface area (Å²) in [6.45, 7) is 3.77. The molecule has 2 saturated carbocycles. The van der Waals surface area contributed by atoms with Crippen molar-refractivity contribution in [3.63, 3.8) is 0 Å². The second kappa shape index (κ2) is 10.9. The van der Waals surface area contributed by atoms with Gasteiger partial charge in [-0.2, -0.15) is 8.42 Å². The van der Waals surface area contributed by atoms with E-state index in [0.29, 0.717) is 19.0 Å². The number of aromatic nitrogens is 1. The molecule has 1 aromatic heterocycles. The van der Waals surface area contributed by atoms with Gasteiger partial charge in [-0.25, -0.2) is 9.86 Å². The summed E-state index contributed by atoms with van der Waals surface area (Å²) in [4.78, 5) is 31.9. The van der Waals surface area contributed by atoms with Crippen LogP contribution in [0.1, 0.15) is 78.3 Å². The number of carbonyl (C=O) groups excluding carboxylic acids is 2. The highest BCUT2D eigenvalue weighted by molar-refractivity contribution is 7.87. The van der Waals surface area contributed by atoms with E-state index in [9.17, 15) is 18.0 Å². The van der Waals surface area contributed by atoms with E-state index in [1.54, 1.807) is 19.2 Å². The Labute approximate surface area is 258 Å². The molecule has 4 aliphatic rings. The molecule has 2 amide bonds. The second-order valence-electron chi connectivity index (χ2n) is 13.2. The summed E-state index contributed by atoms with van der Waals surface area (Å²) in [6.07, 6.45) is 7.41. The average Bonchev–Trinajstić information content (AvgIpc) is 3.72. The predicted octanol–water partition coefficient (Wildman–Crippen LogP) is 3.95. The Bertz CT molecular complexity index is 1760. The summed E-state index contributed by atoms with van der Waals surface area (Å²) in [6, 6.07) is 11.7. The largest absolute Gasteiger partial charge is 0.497 e. The summed E-state index contributed by atoms with van der Waals surface area (Å²) >= 11 is 0. The lowest BCUT2D eigenvalue weighted by molar-refractivity contribution is -0.137. The molecule has 11 heteroatoms. The Morgan fingerprint density at radius 3 is 2.55 bits per heavy atom. The number of nitrogens with two attached hydrogens (primary N) is 1. The van der Waals surface area contributed by atoms with Crippen LogP contribution >= 0.6 is 0 Å². The van der Waals surface area contributed by atoms with E-state index >= 15 is 0 Å². The summed E-state index contributed by atoms with van der Waals surface area (Å²) < 4.78 is 33.3. The van der Waals surface area contributed by atoms with Gasteiger partial charge < -0.3 is 19.1 Å². The summed E-state index contributed by atoms with van der Waals surface area (Å²) in [5, 5.41) is 6.20. The smallest absolute Gasteiger partial charge is 0.298 e. The number of hydrogen-bond donors (Lipinski definition) is 2. The Kier molecular flexibility index (Phi) is 7.25. The van der Waals surface area contributed by atoms with E-state index in [1.165, 1.54) is 12.0 Å². The number of ether oxygens (including phenoxy) is 1. The molecule has 3 fully saturated rings. The first-order valence-corrected chi connectivity index (χ1v) is 17.3. The van der Waals surface area contributed by atoms with E-state index in [4.69, 9.17) is 9.88 Å². The topological polar surface area (TPSA) is 127 Å². The number of nitrogens with one attached hydrogen (secondary N) is 1. The fraction of sp³-hybridized carbons (Fsp3) is 0.515. The number of benzene rings is 2. The van der Waals surface area contributed by atoms with Gasteiger partial charge in [-0.05, 0) is 86.7 Å². The van der Waals surface area contributed by atoms with E-state index in [0.717, 1.165) is 91.6 Å². The maximum Gasteiger partial charge on any atom is 0.298 e.